The second kappa shape index (κ2) is 13.8. The number of rotatable bonds is 9. The topological polar surface area (TPSA) is 39.3 Å². The van der Waals surface area contributed by atoms with Crippen molar-refractivity contribution in [3.63, 3.8) is 0 Å². The van der Waals surface area contributed by atoms with E-state index < -0.39 is 0 Å². The predicted molar refractivity (Wildman–Crippen MR) is 85.6 cm³/mol. The van der Waals surface area contributed by atoms with Gasteiger partial charge in [0.05, 0.1) is 0 Å². The highest BCUT2D eigenvalue weighted by molar-refractivity contribution is 4.91. The van der Waals surface area contributed by atoms with Gasteiger partial charge in [-0.05, 0) is 25.9 Å². The molecule has 1 saturated heterocycles. The number of likely N-dealkylation sites (N-methyl/N-ethyl adjacent to an activating group) is 1. The lowest BCUT2D eigenvalue weighted by molar-refractivity contribution is 0.229. The first-order valence-corrected chi connectivity index (χ1v) is 7.82. The first kappa shape index (κ1) is 18.4. The van der Waals surface area contributed by atoms with Gasteiger partial charge in [-0.25, -0.2) is 0 Å². The van der Waals surface area contributed by atoms with Crippen molar-refractivity contribution in [1.82, 2.24) is 20.9 Å². The number of likely N-dealkylation sites (tertiary alicyclic amines) is 1. The van der Waals surface area contributed by atoms with Crippen LogP contribution in [0.25, 0.3) is 0 Å². The molecule has 0 radical (unpaired) electrons. The van der Waals surface area contributed by atoms with Gasteiger partial charge in [-0.1, -0.05) is 26.8 Å². The van der Waals surface area contributed by atoms with Gasteiger partial charge in [0.1, 0.15) is 0 Å². The van der Waals surface area contributed by atoms with Crippen LogP contribution in [0.3, 0.4) is 0 Å². The zero-order chi connectivity index (χ0) is 14.3. The summed E-state index contributed by atoms with van der Waals surface area (Å²) >= 11 is 0. The van der Waals surface area contributed by atoms with Gasteiger partial charge in [0, 0.05) is 45.5 Å². The van der Waals surface area contributed by atoms with Crippen molar-refractivity contribution >= 4 is 0 Å². The van der Waals surface area contributed by atoms with Gasteiger partial charge in [-0.3, -0.25) is 0 Å². The fourth-order valence-electron chi connectivity index (χ4n) is 2.05. The van der Waals surface area contributed by atoms with E-state index >= 15 is 0 Å². The third kappa shape index (κ3) is 11.0. The molecular formula is C15H34N4. The summed E-state index contributed by atoms with van der Waals surface area (Å²) in [6.45, 7) is 15.6. The van der Waals surface area contributed by atoms with E-state index in [1.54, 1.807) is 0 Å². The minimum atomic E-state index is 0.851. The maximum atomic E-state index is 3.87. The van der Waals surface area contributed by atoms with E-state index in [9.17, 15) is 0 Å². The number of hydrogen-bond acceptors (Lipinski definition) is 4. The molecule has 0 atom stereocenters. The quantitative estimate of drug-likeness (QED) is 0.554. The van der Waals surface area contributed by atoms with Gasteiger partial charge in [-0.2, -0.15) is 0 Å². The van der Waals surface area contributed by atoms with Crippen molar-refractivity contribution in [3.8, 4) is 0 Å². The minimum absolute atomic E-state index is 0.851. The number of nitrogens with one attached hydrogen (secondary N) is 3. The highest BCUT2D eigenvalue weighted by atomic mass is 15.1. The van der Waals surface area contributed by atoms with Crippen LogP contribution in [0.2, 0.25) is 0 Å². The zero-order valence-electron chi connectivity index (χ0n) is 13.2. The summed E-state index contributed by atoms with van der Waals surface area (Å²) in [6, 6.07) is 0. The molecule has 1 aliphatic rings. The van der Waals surface area contributed by atoms with Crippen LogP contribution in [0.4, 0.5) is 0 Å². The van der Waals surface area contributed by atoms with Crippen LogP contribution in [-0.2, 0) is 0 Å². The normalized spacial score (nSPS) is 15.5. The number of nitrogens with zero attached hydrogens (tertiary/aromatic N) is 1. The SMILES string of the molecule is C=C(CNCCNCCN1CCCCC1)NC.CC. The molecule has 3 N–H and O–H groups in total. The van der Waals surface area contributed by atoms with Crippen LogP contribution in [0.1, 0.15) is 33.1 Å². The molecule has 19 heavy (non-hydrogen) atoms. The van der Waals surface area contributed by atoms with Crippen molar-refractivity contribution in [1.29, 1.82) is 0 Å². The lowest BCUT2D eigenvalue weighted by Gasteiger charge is -2.26. The highest BCUT2D eigenvalue weighted by Crippen LogP contribution is 2.06. The Bertz CT molecular complexity index is 200. The van der Waals surface area contributed by atoms with Gasteiger partial charge in [0.15, 0.2) is 0 Å². The van der Waals surface area contributed by atoms with Crippen LogP contribution in [0, 0.1) is 0 Å². The number of hydrogen-bond donors (Lipinski definition) is 3. The van der Waals surface area contributed by atoms with Gasteiger partial charge in [-0.15, -0.1) is 0 Å². The Hall–Kier alpha value is -0.580. The Morgan fingerprint density at radius 2 is 1.63 bits per heavy atom. The highest BCUT2D eigenvalue weighted by Gasteiger charge is 2.08. The smallest absolute Gasteiger partial charge is 0.0348 e. The fourth-order valence-corrected chi connectivity index (χ4v) is 2.05. The molecule has 0 aromatic carbocycles. The van der Waals surface area contributed by atoms with E-state index in [4.69, 9.17) is 0 Å². The van der Waals surface area contributed by atoms with E-state index in [0.717, 1.165) is 31.9 Å². The van der Waals surface area contributed by atoms with Crippen LogP contribution in [-0.4, -0.2) is 57.8 Å². The van der Waals surface area contributed by atoms with Gasteiger partial charge in [0.2, 0.25) is 0 Å². The molecule has 0 spiro atoms. The molecule has 0 amide bonds. The molecule has 1 fully saturated rings. The Morgan fingerprint density at radius 1 is 1.00 bits per heavy atom. The summed E-state index contributed by atoms with van der Waals surface area (Å²) in [5, 5.41) is 9.83. The molecule has 1 heterocycles. The maximum absolute atomic E-state index is 3.87. The molecule has 1 rings (SSSR count). The molecule has 0 bridgehead atoms. The summed E-state index contributed by atoms with van der Waals surface area (Å²) in [4.78, 5) is 2.56. The lowest BCUT2D eigenvalue weighted by atomic mass is 10.1. The van der Waals surface area contributed by atoms with E-state index in [1.807, 2.05) is 20.9 Å². The van der Waals surface area contributed by atoms with Gasteiger partial charge >= 0.3 is 0 Å². The Morgan fingerprint density at radius 3 is 2.26 bits per heavy atom. The number of piperidine rings is 1. The summed E-state index contributed by atoms with van der Waals surface area (Å²) in [5.41, 5.74) is 1.04. The largest absolute Gasteiger partial charge is 0.391 e. The van der Waals surface area contributed by atoms with Crippen molar-refractivity contribution in [2.24, 2.45) is 0 Å². The van der Waals surface area contributed by atoms with E-state index in [2.05, 4.69) is 27.4 Å². The maximum Gasteiger partial charge on any atom is 0.0348 e. The summed E-state index contributed by atoms with van der Waals surface area (Å²) in [6.07, 6.45) is 4.19. The van der Waals surface area contributed by atoms with Gasteiger partial charge in [0.25, 0.3) is 0 Å². The third-order valence-electron chi connectivity index (χ3n) is 3.22. The molecule has 1 aliphatic heterocycles. The Kier molecular flexibility index (Phi) is 13.4. The monoisotopic (exact) mass is 270 g/mol. The second-order valence-corrected chi connectivity index (χ2v) is 4.68. The van der Waals surface area contributed by atoms with Crippen molar-refractivity contribution < 1.29 is 0 Å². The Balaban J connectivity index is 0.00000154. The molecule has 114 valence electrons. The van der Waals surface area contributed by atoms with Crippen molar-refractivity contribution in [2.75, 3.05) is 52.9 Å². The van der Waals surface area contributed by atoms with Crippen molar-refractivity contribution in [2.45, 2.75) is 33.1 Å². The average molecular weight is 270 g/mol. The summed E-state index contributed by atoms with van der Waals surface area (Å²) in [5.74, 6) is 0. The zero-order valence-corrected chi connectivity index (χ0v) is 13.2. The van der Waals surface area contributed by atoms with Crippen LogP contribution >= 0.6 is 0 Å². The third-order valence-corrected chi connectivity index (χ3v) is 3.22. The standard InChI is InChI=1S/C13H28N4.C2H6/c1-13(14-2)12-16-7-6-15-8-11-17-9-4-3-5-10-17;1-2/h14-16H,1,3-12H2,2H3;1-2H3. The molecule has 0 unspecified atom stereocenters. The predicted octanol–water partition coefficient (Wildman–Crippen LogP) is 1.41. The van der Waals surface area contributed by atoms with Gasteiger partial charge < -0.3 is 20.9 Å². The summed E-state index contributed by atoms with van der Waals surface area (Å²) in [7, 11) is 1.90. The molecule has 0 aromatic rings. The molecule has 4 nitrogen and oxygen atoms in total. The van der Waals surface area contributed by atoms with Crippen molar-refractivity contribution in [3.05, 3.63) is 12.3 Å². The summed E-state index contributed by atoms with van der Waals surface area (Å²) < 4.78 is 0. The molecule has 0 aliphatic carbocycles. The second-order valence-electron chi connectivity index (χ2n) is 4.68. The van der Waals surface area contributed by atoms with E-state index in [1.165, 1.54) is 38.9 Å². The molecule has 0 aromatic heterocycles. The molecule has 4 heteroatoms. The van der Waals surface area contributed by atoms with E-state index in [0.29, 0.717) is 0 Å². The minimum Gasteiger partial charge on any atom is -0.391 e. The lowest BCUT2D eigenvalue weighted by Crippen LogP contribution is -2.38. The van der Waals surface area contributed by atoms with Crippen LogP contribution in [0.5, 0.6) is 0 Å². The van der Waals surface area contributed by atoms with E-state index in [-0.39, 0.29) is 0 Å². The first-order chi connectivity index (χ1) is 9.33. The van der Waals surface area contributed by atoms with Crippen LogP contribution in [0.15, 0.2) is 12.3 Å². The average Bonchev–Trinajstić information content (AvgIpc) is 2.49. The fraction of sp³-hybridized carbons (Fsp3) is 0.867. The van der Waals surface area contributed by atoms with Crippen LogP contribution < -0.4 is 16.0 Å². The Labute approximate surface area is 120 Å². The molecule has 0 saturated carbocycles. The first-order valence-electron chi connectivity index (χ1n) is 7.82. The molecular weight excluding hydrogens is 236 g/mol.